The summed E-state index contributed by atoms with van der Waals surface area (Å²) in [6.07, 6.45) is 0. The van der Waals surface area contributed by atoms with Crippen molar-refractivity contribution in [3.05, 3.63) is 70.6 Å². The number of carbonyl (C=O) groups is 2. The van der Waals surface area contributed by atoms with Crippen LogP contribution in [0.25, 0.3) is 11.0 Å². The molecular formula is C21H20N2O6. The summed E-state index contributed by atoms with van der Waals surface area (Å²) < 4.78 is 15.6. The Morgan fingerprint density at radius 3 is 2.59 bits per heavy atom. The van der Waals surface area contributed by atoms with E-state index in [9.17, 15) is 14.4 Å². The fraction of sp³-hybridized carbons (Fsp3) is 0.190. The third-order valence-corrected chi connectivity index (χ3v) is 4.03. The molecule has 0 saturated carbocycles. The first kappa shape index (κ1) is 19.9. The van der Waals surface area contributed by atoms with Crippen molar-refractivity contribution in [2.75, 3.05) is 26.8 Å². The lowest BCUT2D eigenvalue weighted by atomic mass is 10.2. The van der Waals surface area contributed by atoms with E-state index in [1.165, 1.54) is 13.2 Å². The Kier molecular flexibility index (Phi) is 6.47. The maximum absolute atomic E-state index is 12.1. The number of benzene rings is 2. The number of amides is 2. The molecule has 3 aromatic rings. The first-order valence-corrected chi connectivity index (χ1v) is 8.91. The summed E-state index contributed by atoms with van der Waals surface area (Å²) in [5.41, 5.74) is 0.404. The number of hydrogen-bond donors (Lipinski definition) is 2. The van der Waals surface area contributed by atoms with Crippen LogP contribution in [0.1, 0.15) is 10.4 Å². The Labute approximate surface area is 166 Å². The van der Waals surface area contributed by atoms with Gasteiger partial charge in [-0.1, -0.05) is 6.07 Å². The van der Waals surface area contributed by atoms with E-state index in [1.807, 2.05) is 0 Å². The molecule has 0 spiro atoms. The van der Waals surface area contributed by atoms with Gasteiger partial charge in [-0.2, -0.15) is 0 Å². The lowest BCUT2D eigenvalue weighted by Gasteiger charge is -2.09. The molecule has 2 aromatic carbocycles. The Hall–Kier alpha value is -3.81. The number of nitrogens with one attached hydrogen (secondary N) is 2. The molecule has 0 aliphatic rings. The number of ether oxygens (including phenoxy) is 2. The van der Waals surface area contributed by atoms with Gasteiger partial charge in [0, 0.05) is 36.2 Å². The molecule has 0 saturated heterocycles. The van der Waals surface area contributed by atoms with Crippen molar-refractivity contribution >= 4 is 22.8 Å². The molecule has 29 heavy (non-hydrogen) atoms. The SMILES string of the molecule is COc1cccc(C(=O)NCCNC(=O)COc2ccc3ccc(=O)oc3c2)c1. The fourth-order valence-corrected chi connectivity index (χ4v) is 2.58. The predicted molar refractivity (Wildman–Crippen MR) is 106 cm³/mol. The second kappa shape index (κ2) is 9.41. The molecule has 1 heterocycles. The molecule has 0 atom stereocenters. The molecule has 8 heteroatoms. The second-order valence-corrected chi connectivity index (χ2v) is 6.08. The normalized spacial score (nSPS) is 10.4. The van der Waals surface area contributed by atoms with Crippen molar-refractivity contribution in [1.29, 1.82) is 0 Å². The van der Waals surface area contributed by atoms with Crippen molar-refractivity contribution < 1.29 is 23.5 Å². The molecular weight excluding hydrogens is 376 g/mol. The number of methoxy groups -OCH3 is 1. The maximum atomic E-state index is 12.1. The summed E-state index contributed by atoms with van der Waals surface area (Å²) in [7, 11) is 1.53. The van der Waals surface area contributed by atoms with Crippen LogP contribution in [0.3, 0.4) is 0 Å². The van der Waals surface area contributed by atoms with Crippen LogP contribution in [0.2, 0.25) is 0 Å². The summed E-state index contributed by atoms with van der Waals surface area (Å²) in [4.78, 5) is 35.2. The smallest absolute Gasteiger partial charge is 0.336 e. The lowest BCUT2D eigenvalue weighted by molar-refractivity contribution is -0.123. The summed E-state index contributed by atoms with van der Waals surface area (Å²) in [6, 6.07) is 14.7. The van der Waals surface area contributed by atoms with Gasteiger partial charge in [0.05, 0.1) is 7.11 Å². The zero-order valence-electron chi connectivity index (χ0n) is 15.8. The van der Waals surface area contributed by atoms with Crippen LogP contribution in [0, 0.1) is 0 Å². The molecule has 2 amide bonds. The molecule has 0 unspecified atom stereocenters. The number of hydrogen-bond acceptors (Lipinski definition) is 6. The Morgan fingerprint density at radius 1 is 0.966 bits per heavy atom. The number of fused-ring (bicyclic) bond motifs is 1. The zero-order chi connectivity index (χ0) is 20.6. The van der Waals surface area contributed by atoms with Gasteiger partial charge in [0.25, 0.3) is 11.8 Å². The number of rotatable bonds is 8. The van der Waals surface area contributed by atoms with E-state index in [2.05, 4.69) is 10.6 Å². The van der Waals surface area contributed by atoms with E-state index in [1.54, 1.807) is 48.5 Å². The van der Waals surface area contributed by atoms with Gasteiger partial charge in [-0.3, -0.25) is 9.59 Å². The maximum Gasteiger partial charge on any atom is 0.336 e. The molecule has 0 radical (unpaired) electrons. The Balaban J connectivity index is 1.41. The molecule has 0 bridgehead atoms. The summed E-state index contributed by atoms with van der Waals surface area (Å²) in [6.45, 7) is 0.319. The number of carbonyl (C=O) groups excluding carboxylic acids is 2. The second-order valence-electron chi connectivity index (χ2n) is 6.08. The van der Waals surface area contributed by atoms with E-state index in [-0.39, 0.29) is 31.5 Å². The van der Waals surface area contributed by atoms with Crippen molar-refractivity contribution in [1.82, 2.24) is 10.6 Å². The molecule has 0 aliphatic heterocycles. The van der Waals surface area contributed by atoms with Crippen molar-refractivity contribution in [3.8, 4) is 11.5 Å². The molecule has 0 aliphatic carbocycles. The standard InChI is InChI=1S/C21H20N2O6/c1-27-16-4-2-3-15(11-16)21(26)23-10-9-22-19(24)13-28-17-7-5-14-6-8-20(25)29-18(14)12-17/h2-8,11-12H,9-10,13H2,1H3,(H,22,24)(H,23,26). The largest absolute Gasteiger partial charge is 0.497 e. The molecule has 2 N–H and O–H groups in total. The van der Waals surface area contributed by atoms with Crippen molar-refractivity contribution in [3.63, 3.8) is 0 Å². The van der Waals surface area contributed by atoms with Gasteiger partial charge in [-0.25, -0.2) is 4.79 Å². The minimum atomic E-state index is -0.455. The van der Waals surface area contributed by atoms with Gasteiger partial charge in [-0.05, 0) is 36.4 Å². The Morgan fingerprint density at radius 2 is 1.76 bits per heavy atom. The monoisotopic (exact) mass is 396 g/mol. The van der Waals surface area contributed by atoms with Gasteiger partial charge in [0.1, 0.15) is 17.1 Å². The highest BCUT2D eigenvalue weighted by Crippen LogP contribution is 2.19. The highest BCUT2D eigenvalue weighted by atomic mass is 16.5. The van der Waals surface area contributed by atoms with E-state index >= 15 is 0 Å². The summed E-state index contributed by atoms with van der Waals surface area (Å²) in [5, 5.41) is 6.12. The van der Waals surface area contributed by atoms with Gasteiger partial charge < -0.3 is 24.5 Å². The van der Waals surface area contributed by atoms with Crippen LogP contribution in [-0.2, 0) is 4.79 Å². The van der Waals surface area contributed by atoms with E-state index < -0.39 is 5.63 Å². The van der Waals surface area contributed by atoms with Gasteiger partial charge in [0.15, 0.2) is 6.61 Å². The van der Waals surface area contributed by atoms with Crippen molar-refractivity contribution in [2.24, 2.45) is 0 Å². The highest BCUT2D eigenvalue weighted by Gasteiger charge is 2.07. The van der Waals surface area contributed by atoms with E-state index in [0.717, 1.165) is 5.39 Å². The third-order valence-electron chi connectivity index (χ3n) is 4.03. The van der Waals surface area contributed by atoms with E-state index in [4.69, 9.17) is 13.9 Å². The highest BCUT2D eigenvalue weighted by molar-refractivity contribution is 5.94. The quantitative estimate of drug-likeness (QED) is 0.444. The van der Waals surface area contributed by atoms with Crippen molar-refractivity contribution in [2.45, 2.75) is 0 Å². The average molecular weight is 396 g/mol. The van der Waals surface area contributed by atoms with Crippen LogP contribution in [-0.4, -0.2) is 38.6 Å². The van der Waals surface area contributed by atoms with Crippen LogP contribution in [0.5, 0.6) is 11.5 Å². The predicted octanol–water partition coefficient (Wildman–Crippen LogP) is 1.73. The molecule has 3 rings (SSSR count). The summed E-state index contributed by atoms with van der Waals surface area (Å²) >= 11 is 0. The topological polar surface area (TPSA) is 107 Å². The first-order chi connectivity index (χ1) is 14.0. The minimum absolute atomic E-state index is 0.202. The van der Waals surface area contributed by atoms with Gasteiger partial charge in [-0.15, -0.1) is 0 Å². The van der Waals surface area contributed by atoms with Crippen LogP contribution in [0.4, 0.5) is 0 Å². The molecule has 1 aromatic heterocycles. The third kappa shape index (κ3) is 5.58. The lowest BCUT2D eigenvalue weighted by Crippen LogP contribution is -2.36. The molecule has 8 nitrogen and oxygen atoms in total. The average Bonchev–Trinajstić information content (AvgIpc) is 2.74. The van der Waals surface area contributed by atoms with Gasteiger partial charge >= 0.3 is 5.63 Å². The van der Waals surface area contributed by atoms with Crippen LogP contribution < -0.4 is 25.7 Å². The minimum Gasteiger partial charge on any atom is -0.497 e. The van der Waals surface area contributed by atoms with Crippen LogP contribution >= 0.6 is 0 Å². The van der Waals surface area contributed by atoms with E-state index in [0.29, 0.717) is 22.6 Å². The molecule has 0 fully saturated rings. The fourth-order valence-electron chi connectivity index (χ4n) is 2.58. The van der Waals surface area contributed by atoms with Crippen LogP contribution in [0.15, 0.2) is 63.8 Å². The summed E-state index contributed by atoms with van der Waals surface area (Å²) in [5.74, 6) is 0.409. The first-order valence-electron chi connectivity index (χ1n) is 8.91. The Bertz CT molecular complexity index is 1080. The van der Waals surface area contributed by atoms with Gasteiger partial charge in [0.2, 0.25) is 0 Å². The zero-order valence-corrected chi connectivity index (χ0v) is 15.8. The molecule has 150 valence electrons.